The summed E-state index contributed by atoms with van der Waals surface area (Å²) >= 11 is 0. The van der Waals surface area contributed by atoms with E-state index in [9.17, 15) is 5.11 Å². The second-order valence-electron chi connectivity index (χ2n) is 3.24. The number of methoxy groups -OCH3 is 1. The first-order valence-corrected chi connectivity index (χ1v) is 4.84. The predicted octanol–water partition coefficient (Wildman–Crippen LogP) is 2.86. The summed E-state index contributed by atoms with van der Waals surface area (Å²) in [5.41, 5.74) is 2.09. The molecule has 0 saturated heterocycles. The maximum Gasteiger partial charge on any atom is 0.164 e. The molecule has 2 nitrogen and oxygen atoms in total. The zero-order valence-electron chi connectivity index (χ0n) is 8.99. The van der Waals surface area contributed by atoms with Crippen LogP contribution in [-0.4, -0.2) is 12.2 Å². The Morgan fingerprint density at radius 3 is 2.47 bits per heavy atom. The van der Waals surface area contributed by atoms with Crippen LogP contribution in [0.25, 0.3) is 0 Å². The van der Waals surface area contributed by atoms with Crippen LogP contribution < -0.4 is 4.74 Å². The number of hydrogen-bond donors (Lipinski definition) is 1. The summed E-state index contributed by atoms with van der Waals surface area (Å²) in [6, 6.07) is 3.53. The second kappa shape index (κ2) is 5.25. The normalized spacial score (nSPS) is 9.67. The van der Waals surface area contributed by atoms with E-state index >= 15 is 0 Å². The van der Waals surface area contributed by atoms with Gasteiger partial charge in [-0.25, -0.2) is 0 Å². The maximum atomic E-state index is 9.63. The molecular formula is C13H16O2. The lowest BCUT2D eigenvalue weighted by Gasteiger charge is -2.13. The molecule has 0 aliphatic carbocycles. The molecule has 1 N–H and O–H groups in total. The van der Waals surface area contributed by atoms with Crippen LogP contribution in [0.2, 0.25) is 0 Å². The quantitative estimate of drug-likeness (QED) is 0.747. The van der Waals surface area contributed by atoms with Crippen molar-refractivity contribution in [3.05, 3.63) is 48.6 Å². The van der Waals surface area contributed by atoms with Gasteiger partial charge in [-0.15, -0.1) is 13.2 Å². The molecule has 0 amide bonds. The zero-order valence-corrected chi connectivity index (χ0v) is 8.99. The number of phenolic OH excluding ortho intramolecular Hbond substituents is 1. The number of ether oxygens (including phenoxy) is 1. The summed E-state index contributed by atoms with van der Waals surface area (Å²) in [6.45, 7) is 7.41. The fraction of sp³-hybridized carbons (Fsp3) is 0.231. The molecule has 0 atom stereocenters. The van der Waals surface area contributed by atoms with Crippen molar-refractivity contribution in [3.63, 3.8) is 0 Å². The highest BCUT2D eigenvalue weighted by Gasteiger charge is 2.11. The molecule has 15 heavy (non-hydrogen) atoms. The summed E-state index contributed by atoms with van der Waals surface area (Å²) < 4.78 is 5.18. The van der Waals surface area contributed by atoms with Crippen molar-refractivity contribution in [1.29, 1.82) is 0 Å². The van der Waals surface area contributed by atoms with Crippen molar-refractivity contribution in [3.8, 4) is 11.5 Å². The average Bonchev–Trinajstić information content (AvgIpc) is 2.23. The van der Waals surface area contributed by atoms with Crippen molar-refractivity contribution in [1.82, 2.24) is 0 Å². The third-order valence-electron chi connectivity index (χ3n) is 2.25. The second-order valence-corrected chi connectivity index (χ2v) is 3.24. The van der Waals surface area contributed by atoms with E-state index in [1.54, 1.807) is 19.3 Å². The average molecular weight is 204 g/mol. The molecule has 0 bridgehead atoms. The summed E-state index contributed by atoms with van der Waals surface area (Å²) in [5, 5.41) is 9.63. The van der Waals surface area contributed by atoms with Gasteiger partial charge in [0.1, 0.15) is 0 Å². The predicted molar refractivity (Wildman–Crippen MR) is 62.5 cm³/mol. The van der Waals surface area contributed by atoms with Crippen LogP contribution in [-0.2, 0) is 12.8 Å². The monoisotopic (exact) mass is 204 g/mol. The van der Waals surface area contributed by atoms with E-state index in [1.165, 1.54) is 0 Å². The number of aromatic hydroxyl groups is 1. The molecule has 0 heterocycles. The Labute approximate surface area is 90.5 Å². The van der Waals surface area contributed by atoms with E-state index in [2.05, 4.69) is 13.2 Å². The molecule has 2 heteroatoms. The van der Waals surface area contributed by atoms with Crippen molar-refractivity contribution in [2.75, 3.05) is 7.11 Å². The molecule has 0 unspecified atom stereocenters. The van der Waals surface area contributed by atoms with E-state index in [4.69, 9.17) is 4.74 Å². The van der Waals surface area contributed by atoms with Gasteiger partial charge < -0.3 is 9.84 Å². The third kappa shape index (κ3) is 2.40. The number of hydrogen-bond acceptors (Lipinski definition) is 2. The van der Waals surface area contributed by atoms with E-state index in [0.717, 1.165) is 17.5 Å². The first kappa shape index (κ1) is 11.4. The first-order valence-electron chi connectivity index (χ1n) is 4.84. The minimum atomic E-state index is 0.169. The molecule has 0 saturated carbocycles. The van der Waals surface area contributed by atoms with Gasteiger partial charge in [0, 0.05) is 5.56 Å². The van der Waals surface area contributed by atoms with Crippen molar-refractivity contribution >= 4 is 0 Å². The lowest BCUT2D eigenvalue weighted by atomic mass is 10.00. The van der Waals surface area contributed by atoms with Crippen molar-refractivity contribution in [2.24, 2.45) is 0 Å². The SMILES string of the molecule is C=CCc1ccc(O)c(OC)c1CC=C. The Morgan fingerprint density at radius 1 is 1.27 bits per heavy atom. The minimum Gasteiger partial charge on any atom is -0.504 e. The van der Waals surface area contributed by atoms with Gasteiger partial charge in [-0.3, -0.25) is 0 Å². The fourth-order valence-electron chi connectivity index (χ4n) is 1.60. The van der Waals surface area contributed by atoms with Crippen LogP contribution in [0.4, 0.5) is 0 Å². The largest absolute Gasteiger partial charge is 0.504 e. The lowest BCUT2D eigenvalue weighted by molar-refractivity contribution is 0.369. The van der Waals surface area contributed by atoms with E-state index in [0.29, 0.717) is 12.2 Å². The Kier molecular flexibility index (Phi) is 3.98. The molecule has 0 aliphatic rings. The van der Waals surface area contributed by atoms with E-state index in [-0.39, 0.29) is 5.75 Å². The Hall–Kier alpha value is -1.70. The highest BCUT2D eigenvalue weighted by Crippen LogP contribution is 2.33. The Morgan fingerprint density at radius 2 is 1.93 bits per heavy atom. The molecule has 1 aromatic rings. The van der Waals surface area contributed by atoms with Crippen LogP contribution in [0.3, 0.4) is 0 Å². The van der Waals surface area contributed by atoms with Crippen LogP contribution in [0.15, 0.2) is 37.4 Å². The van der Waals surface area contributed by atoms with Crippen LogP contribution >= 0.6 is 0 Å². The minimum absolute atomic E-state index is 0.169. The molecule has 0 spiro atoms. The van der Waals surface area contributed by atoms with Gasteiger partial charge in [-0.1, -0.05) is 18.2 Å². The van der Waals surface area contributed by atoms with E-state index < -0.39 is 0 Å². The number of benzene rings is 1. The molecule has 0 aromatic heterocycles. The molecule has 0 aliphatic heterocycles. The third-order valence-corrected chi connectivity index (χ3v) is 2.25. The van der Waals surface area contributed by atoms with Crippen LogP contribution in [0.5, 0.6) is 11.5 Å². The number of rotatable bonds is 5. The summed E-state index contributed by atoms with van der Waals surface area (Å²) in [4.78, 5) is 0. The molecule has 80 valence electrons. The Balaban J connectivity index is 3.26. The lowest BCUT2D eigenvalue weighted by Crippen LogP contribution is -1.97. The topological polar surface area (TPSA) is 29.5 Å². The van der Waals surface area contributed by atoms with Gasteiger partial charge in [0.2, 0.25) is 0 Å². The molecule has 1 rings (SSSR count). The molecule has 1 aromatic carbocycles. The Bertz CT molecular complexity index is 367. The molecule has 0 radical (unpaired) electrons. The number of allylic oxidation sites excluding steroid dienone is 2. The van der Waals surface area contributed by atoms with Gasteiger partial charge in [0.05, 0.1) is 7.11 Å². The van der Waals surface area contributed by atoms with Gasteiger partial charge in [-0.05, 0) is 24.5 Å². The highest BCUT2D eigenvalue weighted by molar-refractivity contribution is 5.51. The van der Waals surface area contributed by atoms with Gasteiger partial charge in [0.25, 0.3) is 0 Å². The van der Waals surface area contributed by atoms with Gasteiger partial charge >= 0.3 is 0 Å². The van der Waals surface area contributed by atoms with Crippen molar-refractivity contribution in [2.45, 2.75) is 12.8 Å². The van der Waals surface area contributed by atoms with Crippen LogP contribution in [0, 0.1) is 0 Å². The first-order chi connectivity index (χ1) is 7.24. The molecular weight excluding hydrogens is 188 g/mol. The standard InChI is InChI=1S/C13H16O2/c1-4-6-10-8-9-12(14)13(15-3)11(10)7-5-2/h4-5,8-9,14H,1-2,6-7H2,3H3. The summed E-state index contributed by atoms with van der Waals surface area (Å²) in [5.74, 6) is 0.705. The summed E-state index contributed by atoms with van der Waals surface area (Å²) in [7, 11) is 1.55. The van der Waals surface area contributed by atoms with Gasteiger partial charge in [0.15, 0.2) is 11.5 Å². The van der Waals surface area contributed by atoms with E-state index in [1.807, 2.05) is 12.1 Å². The number of phenols is 1. The maximum absolute atomic E-state index is 9.63. The van der Waals surface area contributed by atoms with Crippen LogP contribution in [0.1, 0.15) is 11.1 Å². The highest BCUT2D eigenvalue weighted by atomic mass is 16.5. The molecule has 0 fully saturated rings. The smallest absolute Gasteiger partial charge is 0.164 e. The summed E-state index contributed by atoms with van der Waals surface area (Å²) in [6.07, 6.45) is 5.07. The van der Waals surface area contributed by atoms with Crippen molar-refractivity contribution < 1.29 is 9.84 Å². The zero-order chi connectivity index (χ0) is 11.3. The van der Waals surface area contributed by atoms with Gasteiger partial charge in [-0.2, -0.15) is 0 Å². The fourth-order valence-corrected chi connectivity index (χ4v) is 1.60.